The average molecular weight is 308 g/mol. The number of hydrogen-bond donors (Lipinski definition) is 1. The first kappa shape index (κ1) is 14.1. The number of amides is 2. The number of fused-ring (bicyclic) bond motifs is 4. The van der Waals surface area contributed by atoms with E-state index in [1.807, 2.05) is 49.4 Å². The van der Waals surface area contributed by atoms with Crippen molar-refractivity contribution < 1.29 is 9.53 Å². The first-order chi connectivity index (χ1) is 11.0. The fourth-order valence-corrected chi connectivity index (χ4v) is 3.58. The number of carbonyl (C=O) groups excluding carboxylic acids is 1. The maximum absolute atomic E-state index is 12.8. The molecule has 4 rings (SSSR count). The normalized spacial score (nSPS) is 25.4. The number of nitrogens with one attached hydrogen (secondary N) is 1. The topological polar surface area (TPSA) is 41.6 Å². The van der Waals surface area contributed by atoms with Crippen molar-refractivity contribution in [3.63, 3.8) is 0 Å². The van der Waals surface area contributed by atoms with Gasteiger partial charge in [0, 0.05) is 17.7 Å². The summed E-state index contributed by atoms with van der Waals surface area (Å²) in [5, 5.41) is 3.12. The fourth-order valence-electron chi connectivity index (χ4n) is 3.58. The van der Waals surface area contributed by atoms with Crippen molar-refractivity contribution >= 4 is 11.7 Å². The third-order valence-electron chi connectivity index (χ3n) is 4.93. The Morgan fingerprint density at radius 3 is 2.74 bits per heavy atom. The Morgan fingerprint density at radius 2 is 1.96 bits per heavy atom. The summed E-state index contributed by atoms with van der Waals surface area (Å²) in [6, 6.07) is 13.9. The van der Waals surface area contributed by atoms with Gasteiger partial charge in [0.05, 0.1) is 6.04 Å². The summed E-state index contributed by atoms with van der Waals surface area (Å²) in [4.78, 5) is 14.5. The number of carbonyl (C=O) groups is 1. The molecule has 1 fully saturated rings. The number of anilines is 1. The summed E-state index contributed by atoms with van der Waals surface area (Å²) in [7, 11) is 0. The molecule has 1 saturated heterocycles. The maximum atomic E-state index is 12.8. The molecule has 2 bridgehead atoms. The van der Waals surface area contributed by atoms with Crippen molar-refractivity contribution in [2.75, 3.05) is 4.90 Å². The van der Waals surface area contributed by atoms with Gasteiger partial charge in [-0.05, 0) is 50.1 Å². The summed E-state index contributed by atoms with van der Waals surface area (Å²) in [6.07, 6.45) is 0.725. The van der Waals surface area contributed by atoms with E-state index < -0.39 is 5.72 Å². The lowest BCUT2D eigenvalue weighted by atomic mass is 9.90. The van der Waals surface area contributed by atoms with E-state index in [9.17, 15) is 4.79 Å². The van der Waals surface area contributed by atoms with E-state index in [4.69, 9.17) is 4.74 Å². The van der Waals surface area contributed by atoms with E-state index in [1.54, 1.807) is 4.90 Å². The van der Waals surface area contributed by atoms with Crippen LogP contribution in [0.4, 0.5) is 10.5 Å². The van der Waals surface area contributed by atoms with Crippen LogP contribution >= 0.6 is 0 Å². The lowest BCUT2D eigenvalue weighted by Crippen LogP contribution is -2.65. The Kier molecular flexibility index (Phi) is 2.92. The monoisotopic (exact) mass is 308 g/mol. The van der Waals surface area contributed by atoms with Crippen LogP contribution in [-0.4, -0.2) is 11.8 Å². The molecule has 0 saturated carbocycles. The third kappa shape index (κ3) is 2.09. The van der Waals surface area contributed by atoms with E-state index in [-0.39, 0.29) is 12.1 Å². The van der Waals surface area contributed by atoms with Crippen molar-refractivity contribution in [2.24, 2.45) is 0 Å². The average Bonchev–Trinajstić information content (AvgIpc) is 2.50. The van der Waals surface area contributed by atoms with Crippen LogP contribution in [0.25, 0.3) is 0 Å². The number of urea groups is 1. The molecule has 118 valence electrons. The minimum atomic E-state index is -0.678. The highest BCUT2D eigenvalue weighted by Gasteiger charge is 2.49. The zero-order valence-electron chi connectivity index (χ0n) is 13.6. The second-order valence-electron chi connectivity index (χ2n) is 6.63. The summed E-state index contributed by atoms with van der Waals surface area (Å²) < 4.78 is 6.26. The summed E-state index contributed by atoms with van der Waals surface area (Å²) >= 11 is 0. The molecule has 1 N–H and O–H groups in total. The molecule has 23 heavy (non-hydrogen) atoms. The van der Waals surface area contributed by atoms with Gasteiger partial charge in [-0.25, -0.2) is 4.79 Å². The Hall–Kier alpha value is -2.49. The predicted octanol–water partition coefficient (Wildman–Crippen LogP) is 4.07. The molecule has 0 spiro atoms. The second kappa shape index (κ2) is 4.75. The van der Waals surface area contributed by atoms with Crippen molar-refractivity contribution in [2.45, 2.75) is 39.0 Å². The maximum Gasteiger partial charge on any atom is 0.325 e. The first-order valence-corrected chi connectivity index (χ1v) is 7.94. The van der Waals surface area contributed by atoms with Gasteiger partial charge in [-0.15, -0.1) is 0 Å². The highest BCUT2D eigenvalue weighted by Crippen LogP contribution is 2.45. The molecule has 0 radical (unpaired) electrons. The van der Waals surface area contributed by atoms with Gasteiger partial charge in [0.15, 0.2) is 5.72 Å². The largest absolute Gasteiger partial charge is 0.467 e. The van der Waals surface area contributed by atoms with Crippen LogP contribution in [0.2, 0.25) is 0 Å². The molecule has 2 heterocycles. The third-order valence-corrected chi connectivity index (χ3v) is 4.93. The molecule has 2 amide bonds. The van der Waals surface area contributed by atoms with Gasteiger partial charge in [0.25, 0.3) is 0 Å². The Labute approximate surface area is 136 Å². The zero-order chi connectivity index (χ0) is 16.2. The second-order valence-corrected chi connectivity index (χ2v) is 6.63. The molecule has 2 aromatic rings. The van der Waals surface area contributed by atoms with Crippen LogP contribution in [-0.2, 0) is 0 Å². The Morgan fingerprint density at radius 1 is 1.17 bits per heavy atom. The summed E-state index contributed by atoms with van der Waals surface area (Å²) in [6.45, 7) is 6.12. The lowest BCUT2D eigenvalue weighted by molar-refractivity contribution is 0.0379. The zero-order valence-corrected chi connectivity index (χ0v) is 13.6. The van der Waals surface area contributed by atoms with Crippen LogP contribution in [0.5, 0.6) is 5.75 Å². The van der Waals surface area contributed by atoms with E-state index in [0.717, 1.165) is 29.0 Å². The number of nitrogens with zero attached hydrogens (tertiary/aromatic N) is 1. The van der Waals surface area contributed by atoms with Gasteiger partial charge in [-0.1, -0.05) is 24.3 Å². The van der Waals surface area contributed by atoms with Gasteiger partial charge in [0.2, 0.25) is 0 Å². The van der Waals surface area contributed by atoms with Gasteiger partial charge >= 0.3 is 6.03 Å². The van der Waals surface area contributed by atoms with Gasteiger partial charge in [0.1, 0.15) is 5.75 Å². The molecule has 2 aliphatic rings. The van der Waals surface area contributed by atoms with E-state index in [2.05, 4.69) is 19.2 Å². The molecular formula is C19H20N2O2. The molecule has 2 aromatic carbocycles. The molecule has 0 unspecified atom stereocenters. The highest BCUT2D eigenvalue weighted by molar-refractivity contribution is 5.95. The molecule has 2 aliphatic heterocycles. The molecule has 4 heteroatoms. The van der Waals surface area contributed by atoms with Crippen molar-refractivity contribution in [3.8, 4) is 5.75 Å². The quantitative estimate of drug-likeness (QED) is 0.862. The minimum Gasteiger partial charge on any atom is -0.467 e. The fraction of sp³-hybridized carbons (Fsp3) is 0.316. The number of aryl methyl sites for hydroxylation is 2. The predicted molar refractivity (Wildman–Crippen MR) is 89.8 cm³/mol. The lowest BCUT2D eigenvalue weighted by Gasteiger charge is -2.50. The van der Waals surface area contributed by atoms with Crippen molar-refractivity contribution in [1.29, 1.82) is 0 Å². The van der Waals surface area contributed by atoms with E-state index in [0.29, 0.717) is 0 Å². The van der Waals surface area contributed by atoms with Crippen LogP contribution in [0.1, 0.15) is 36.1 Å². The molecule has 0 aromatic heterocycles. The molecule has 0 aliphatic carbocycles. The highest BCUT2D eigenvalue weighted by atomic mass is 16.5. The number of benzene rings is 2. The van der Waals surface area contributed by atoms with Crippen molar-refractivity contribution in [1.82, 2.24) is 5.32 Å². The molecular weight excluding hydrogens is 288 g/mol. The summed E-state index contributed by atoms with van der Waals surface area (Å²) in [5.41, 5.74) is 3.62. The van der Waals surface area contributed by atoms with Crippen LogP contribution < -0.4 is 15.0 Å². The number of hydrogen-bond acceptors (Lipinski definition) is 2. The van der Waals surface area contributed by atoms with Crippen molar-refractivity contribution in [3.05, 3.63) is 59.2 Å². The van der Waals surface area contributed by atoms with Crippen LogP contribution in [0, 0.1) is 13.8 Å². The Balaban J connectivity index is 1.81. The van der Waals surface area contributed by atoms with Crippen LogP contribution in [0.15, 0.2) is 42.5 Å². The molecule has 4 nitrogen and oxygen atoms in total. The number of para-hydroxylation sites is 1. The smallest absolute Gasteiger partial charge is 0.325 e. The van der Waals surface area contributed by atoms with E-state index >= 15 is 0 Å². The first-order valence-electron chi connectivity index (χ1n) is 7.94. The minimum absolute atomic E-state index is 0.000227. The summed E-state index contributed by atoms with van der Waals surface area (Å²) in [5.74, 6) is 0.847. The van der Waals surface area contributed by atoms with Gasteiger partial charge in [-0.2, -0.15) is 0 Å². The van der Waals surface area contributed by atoms with E-state index in [1.165, 1.54) is 5.56 Å². The SMILES string of the molecule is Cc1ccc(N2C(=O)N[C@H]3C[C@@]2(C)Oc2ccccc23)cc1C. The molecule has 2 atom stereocenters. The van der Waals surface area contributed by atoms with Crippen LogP contribution in [0.3, 0.4) is 0 Å². The number of ether oxygens (including phenoxy) is 1. The van der Waals surface area contributed by atoms with Gasteiger partial charge in [-0.3, -0.25) is 4.90 Å². The standard InChI is InChI=1S/C19H20N2O2/c1-12-8-9-14(10-13(12)2)21-18(22)20-16-11-19(21,3)23-17-7-5-4-6-15(16)17/h4-10,16H,11H2,1-3H3,(H,20,22)/t16-,19+/m0/s1. The Bertz CT molecular complexity index is 802. The van der Waals surface area contributed by atoms with Gasteiger partial charge < -0.3 is 10.1 Å². The number of rotatable bonds is 1.